The average molecular weight is 304 g/mol. The van der Waals surface area contributed by atoms with E-state index in [2.05, 4.69) is 34.4 Å². The standard InChI is InChI=1S/C15H20N4OS/c1-11-3-4-14(21-11)10-18-8-12-5-6-17-19(12)13(9-18)7-15(20)16-2/h3-6,13H,7-10H2,1-2H3,(H,16,20). The molecule has 0 aliphatic carbocycles. The first-order valence-corrected chi connectivity index (χ1v) is 7.98. The molecule has 3 heterocycles. The molecule has 21 heavy (non-hydrogen) atoms. The van der Waals surface area contributed by atoms with Gasteiger partial charge in [0.15, 0.2) is 0 Å². The van der Waals surface area contributed by atoms with Gasteiger partial charge in [-0.3, -0.25) is 14.4 Å². The van der Waals surface area contributed by atoms with Crippen molar-refractivity contribution in [2.45, 2.75) is 32.5 Å². The van der Waals surface area contributed by atoms with Crippen LogP contribution < -0.4 is 5.32 Å². The van der Waals surface area contributed by atoms with Crippen molar-refractivity contribution in [3.05, 3.63) is 39.8 Å². The number of hydrogen-bond donors (Lipinski definition) is 1. The van der Waals surface area contributed by atoms with Crippen LogP contribution in [0.25, 0.3) is 0 Å². The first kappa shape index (κ1) is 14.3. The number of aryl methyl sites for hydroxylation is 1. The quantitative estimate of drug-likeness (QED) is 0.939. The van der Waals surface area contributed by atoms with Gasteiger partial charge in [-0.1, -0.05) is 0 Å². The summed E-state index contributed by atoms with van der Waals surface area (Å²) in [5, 5.41) is 7.09. The van der Waals surface area contributed by atoms with Gasteiger partial charge in [-0.2, -0.15) is 5.10 Å². The largest absolute Gasteiger partial charge is 0.359 e. The minimum absolute atomic E-state index is 0.0651. The number of nitrogens with one attached hydrogen (secondary N) is 1. The van der Waals surface area contributed by atoms with Gasteiger partial charge in [0.2, 0.25) is 5.91 Å². The van der Waals surface area contributed by atoms with E-state index in [4.69, 9.17) is 0 Å². The maximum Gasteiger partial charge on any atom is 0.221 e. The number of nitrogens with zero attached hydrogens (tertiary/aromatic N) is 3. The van der Waals surface area contributed by atoms with Gasteiger partial charge in [0, 0.05) is 42.6 Å². The monoisotopic (exact) mass is 304 g/mol. The molecule has 1 unspecified atom stereocenters. The number of aromatic nitrogens is 2. The zero-order valence-electron chi connectivity index (χ0n) is 12.4. The second-order valence-corrected chi connectivity index (χ2v) is 6.85. The molecule has 2 aromatic heterocycles. The Morgan fingerprint density at radius 2 is 2.33 bits per heavy atom. The topological polar surface area (TPSA) is 50.2 Å². The van der Waals surface area contributed by atoms with Crippen LogP contribution in [0.5, 0.6) is 0 Å². The molecular weight excluding hydrogens is 284 g/mol. The normalized spacial score (nSPS) is 18.5. The molecule has 0 bridgehead atoms. The van der Waals surface area contributed by atoms with Gasteiger partial charge in [0.05, 0.1) is 18.2 Å². The number of fused-ring (bicyclic) bond motifs is 1. The number of thiophene rings is 1. The van der Waals surface area contributed by atoms with E-state index in [0.717, 1.165) is 19.6 Å². The predicted octanol–water partition coefficient (Wildman–Crippen LogP) is 1.95. The molecule has 1 amide bonds. The first-order chi connectivity index (χ1) is 10.2. The Kier molecular flexibility index (Phi) is 4.07. The average Bonchev–Trinajstić information content (AvgIpc) is 3.07. The van der Waals surface area contributed by atoms with Crippen molar-refractivity contribution in [2.24, 2.45) is 0 Å². The smallest absolute Gasteiger partial charge is 0.221 e. The second kappa shape index (κ2) is 5.99. The van der Waals surface area contributed by atoms with Crippen LogP contribution in [0.15, 0.2) is 24.4 Å². The Bertz CT molecular complexity index is 633. The summed E-state index contributed by atoms with van der Waals surface area (Å²) in [6, 6.07) is 6.52. The Balaban J connectivity index is 1.75. The van der Waals surface area contributed by atoms with Crippen LogP contribution in [0.3, 0.4) is 0 Å². The lowest BCUT2D eigenvalue weighted by Crippen LogP contribution is -2.39. The molecule has 5 nitrogen and oxygen atoms in total. The van der Waals surface area contributed by atoms with Crippen LogP contribution in [0.1, 0.15) is 27.9 Å². The summed E-state index contributed by atoms with van der Waals surface area (Å²) < 4.78 is 2.01. The molecule has 0 saturated carbocycles. The van der Waals surface area contributed by atoms with E-state index < -0.39 is 0 Å². The minimum Gasteiger partial charge on any atom is -0.359 e. The third-order valence-corrected chi connectivity index (χ3v) is 4.81. The zero-order chi connectivity index (χ0) is 14.8. The summed E-state index contributed by atoms with van der Waals surface area (Å²) in [6.45, 7) is 4.82. The molecular formula is C15H20N4OS. The number of carbonyl (C=O) groups is 1. The highest BCUT2D eigenvalue weighted by molar-refractivity contribution is 7.11. The second-order valence-electron chi connectivity index (χ2n) is 5.48. The Labute approximate surface area is 128 Å². The van der Waals surface area contributed by atoms with Crippen LogP contribution in [0.4, 0.5) is 0 Å². The van der Waals surface area contributed by atoms with Gasteiger partial charge < -0.3 is 5.32 Å². The van der Waals surface area contributed by atoms with Crippen LogP contribution in [0, 0.1) is 6.92 Å². The van der Waals surface area contributed by atoms with Gasteiger partial charge in [0.1, 0.15) is 0 Å². The van der Waals surface area contributed by atoms with Crippen molar-refractivity contribution in [3.8, 4) is 0 Å². The van der Waals surface area contributed by atoms with Crippen LogP contribution in [-0.2, 0) is 17.9 Å². The summed E-state index contributed by atoms with van der Waals surface area (Å²) in [4.78, 5) is 16.8. The van der Waals surface area contributed by atoms with Crippen molar-refractivity contribution in [2.75, 3.05) is 13.6 Å². The fourth-order valence-electron chi connectivity index (χ4n) is 2.84. The Morgan fingerprint density at radius 3 is 3.05 bits per heavy atom. The highest BCUT2D eigenvalue weighted by Gasteiger charge is 2.27. The number of rotatable bonds is 4. The minimum atomic E-state index is 0.0651. The first-order valence-electron chi connectivity index (χ1n) is 7.16. The third-order valence-electron chi connectivity index (χ3n) is 3.83. The van der Waals surface area contributed by atoms with Crippen LogP contribution in [0.2, 0.25) is 0 Å². The molecule has 1 atom stereocenters. The summed E-state index contributed by atoms with van der Waals surface area (Å²) in [5.74, 6) is 0.0651. The van der Waals surface area contributed by atoms with E-state index in [1.54, 1.807) is 7.05 Å². The zero-order valence-corrected chi connectivity index (χ0v) is 13.2. The molecule has 0 saturated heterocycles. The van der Waals surface area contributed by atoms with Gasteiger partial charge in [-0.15, -0.1) is 11.3 Å². The molecule has 112 valence electrons. The number of hydrogen-bond acceptors (Lipinski definition) is 4. The molecule has 6 heteroatoms. The lowest BCUT2D eigenvalue weighted by atomic mass is 10.1. The molecule has 0 radical (unpaired) electrons. The molecule has 1 aliphatic rings. The molecule has 3 rings (SSSR count). The Morgan fingerprint density at radius 1 is 1.48 bits per heavy atom. The maximum absolute atomic E-state index is 11.7. The van der Waals surface area contributed by atoms with Crippen molar-refractivity contribution >= 4 is 17.2 Å². The molecule has 1 N–H and O–H groups in total. The summed E-state index contributed by atoms with van der Waals surface area (Å²) >= 11 is 1.84. The summed E-state index contributed by atoms with van der Waals surface area (Å²) in [6.07, 6.45) is 2.30. The molecule has 2 aromatic rings. The third kappa shape index (κ3) is 3.16. The van der Waals surface area contributed by atoms with E-state index in [1.165, 1.54) is 15.4 Å². The van der Waals surface area contributed by atoms with Crippen LogP contribution >= 0.6 is 11.3 Å². The van der Waals surface area contributed by atoms with Gasteiger partial charge in [0.25, 0.3) is 0 Å². The van der Waals surface area contributed by atoms with Crippen molar-refractivity contribution in [1.29, 1.82) is 0 Å². The number of carbonyl (C=O) groups excluding carboxylic acids is 1. The van der Waals surface area contributed by atoms with Crippen molar-refractivity contribution in [3.63, 3.8) is 0 Å². The van der Waals surface area contributed by atoms with E-state index in [0.29, 0.717) is 6.42 Å². The SMILES string of the molecule is CNC(=O)CC1CN(Cc2ccc(C)s2)Cc2ccnn21. The van der Waals surface area contributed by atoms with E-state index in [-0.39, 0.29) is 11.9 Å². The Hall–Kier alpha value is -1.66. The van der Waals surface area contributed by atoms with Crippen molar-refractivity contribution in [1.82, 2.24) is 20.0 Å². The maximum atomic E-state index is 11.7. The van der Waals surface area contributed by atoms with Crippen molar-refractivity contribution < 1.29 is 4.79 Å². The van der Waals surface area contributed by atoms with Gasteiger partial charge in [-0.05, 0) is 25.1 Å². The summed E-state index contributed by atoms with van der Waals surface area (Å²) in [5.41, 5.74) is 1.18. The van der Waals surface area contributed by atoms with Gasteiger partial charge in [-0.25, -0.2) is 0 Å². The fraction of sp³-hybridized carbons (Fsp3) is 0.467. The summed E-state index contributed by atoms with van der Waals surface area (Å²) in [7, 11) is 1.68. The predicted molar refractivity (Wildman–Crippen MR) is 83.1 cm³/mol. The molecule has 0 aromatic carbocycles. The van der Waals surface area contributed by atoms with Crippen LogP contribution in [-0.4, -0.2) is 34.2 Å². The van der Waals surface area contributed by atoms with E-state index >= 15 is 0 Å². The number of amides is 1. The lowest BCUT2D eigenvalue weighted by Gasteiger charge is -2.33. The fourth-order valence-corrected chi connectivity index (χ4v) is 3.78. The molecule has 1 aliphatic heterocycles. The molecule has 0 spiro atoms. The highest BCUT2D eigenvalue weighted by atomic mass is 32.1. The van der Waals surface area contributed by atoms with E-state index in [9.17, 15) is 4.79 Å². The highest BCUT2D eigenvalue weighted by Crippen LogP contribution is 2.26. The van der Waals surface area contributed by atoms with Gasteiger partial charge >= 0.3 is 0 Å². The molecule has 0 fully saturated rings. The lowest BCUT2D eigenvalue weighted by molar-refractivity contribution is -0.121. The van der Waals surface area contributed by atoms with E-state index in [1.807, 2.05) is 28.3 Å².